The van der Waals surface area contributed by atoms with Crippen LogP contribution in [0, 0.1) is 0 Å². The standard InChI is InChI=1S/C14H17ClN4O/c1-2-5-19-9-10(8-18-19)7-17-13-6-11(14(16)20)3-4-12(13)15/h3-4,6,8-9,17H,2,5,7H2,1H3,(H2,16,20). The molecule has 2 rings (SSSR count). The lowest BCUT2D eigenvalue weighted by Crippen LogP contribution is -2.11. The Morgan fingerprint density at radius 2 is 2.30 bits per heavy atom. The number of halogens is 1. The van der Waals surface area contributed by atoms with E-state index in [1.807, 2.05) is 17.1 Å². The first-order valence-electron chi connectivity index (χ1n) is 6.44. The zero-order chi connectivity index (χ0) is 14.5. The summed E-state index contributed by atoms with van der Waals surface area (Å²) < 4.78 is 1.90. The number of nitrogens with zero attached hydrogens (tertiary/aromatic N) is 2. The normalized spacial score (nSPS) is 10.5. The highest BCUT2D eigenvalue weighted by atomic mass is 35.5. The van der Waals surface area contributed by atoms with Crippen LogP contribution in [-0.4, -0.2) is 15.7 Å². The van der Waals surface area contributed by atoms with Crippen molar-refractivity contribution in [1.82, 2.24) is 9.78 Å². The van der Waals surface area contributed by atoms with Crippen LogP contribution in [0.5, 0.6) is 0 Å². The fourth-order valence-electron chi connectivity index (χ4n) is 1.86. The Bertz CT molecular complexity index is 609. The van der Waals surface area contributed by atoms with E-state index >= 15 is 0 Å². The zero-order valence-corrected chi connectivity index (χ0v) is 12.0. The molecule has 1 aromatic carbocycles. The average Bonchev–Trinajstić information content (AvgIpc) is 2.86. The van der Waals surface area contributed by atoms with Crippen LogP contribution in [0.3, 0.4) is 0 Å². The molecule has 0 bridgehead atoms. The highest BCUT2D eigenvalue weighted by Crippen LogP contribution is 2.23. The molecule has 6 heteroatoms. The van der Waals surface area contributed by atoms with Crippen molar-refractivity contribution in [3.05, 3.63) is 46.7 Å². The molecule has 2 aromatic rings. The van der Waals surface area contributed by atoms with Crippen LogP contribution in [0.15, 0.2) is 30.6 Å². The maximum absolute atomic E-state index is 11.2. The molecule has 5 nitrogen and oxygen atoms in total. The Morgan fingerprint density at radius 3 is 3.00 bits per heavy atom. The van der Waals surface area contributed by atoms with Crippen molar-refractivity contribution >= 4 is 23.2 Å². The Labute approximate surface area is 122 Å². The Balaban J connectivity index is 2.05. The van der Waals surface area contributed by atoms with E-state index in [4.69, 9.17) is 17.3 Å². The van der Waals surface area contributed by atoms with Crippen LogP contribution in [0.4, 0.5) is 5.69 Å². The lowest BCUT2D eigenvalue weighted by atomic mass is 10.2. The smallest absolute Gasteiger partial charge is 0.248 e. The summed E-state index contributed by atoms with van der Waals surface area (Å²) in [5, 5.41) is 7.99. The van der Waals surface area contributed by atoms with Gasteiger partial charge in [0, 0.05) is 30.4 Å². The molecule has 0 aliphatic heterocycles. The lowest BCUT2D eigenvalue weighted by molar-refractivity contribution is 0.100. The predicted octanol–water partition coefficient (Wildman–Crippen LogP) is 2.66. The highest BCUT2D eigenvalue weighted by Gasteiger charge is 2.06. The van der Waals surface area contributed by atoms with Crippen LogP contribution >= 0.6 is 11.6 Å². The molecular weight excluding hydrogens is 276 g/mol. The fourth-order valence-corrected chi connectivity index (χ4v) is 2.04. The van der Waals surface area contributed by atoms with Gasteiger partial charge in [-0.05, 0) is 24.6 Å². The summed E-state index contributed by atoms with van der Waals surface area (Å²) in [5.74, 6) is -0.472. The quantitative estimate of drug-likeness (QED) is 0.859. The van der Waals surface area contributed by atoms with Crippen LogP contribution in [0.1, 0.15) is 29.3 Å². The third-order valence-corrected chi connectivity index (χ3v) is 3.20. The Hall–Kier alpha value is -2.01. The number of carbonyl (C=O) groups excluding carboxylic acids is 1. The summed E-state index contributed by atoms with van der Waals surface area (Å²) in [6.45, 7) is 3.60. The Morgan fingerprint density at radius 1 is 1.50 bits per heavy atom. The number of nitrogens with one attached hydrogen (secondary N) is 1. The predicted molar refractivity (Wildman–Crippen MR) is 79.8 cm³/mol. The number of rotatable bonds is 6. The molecule has 1 amide bonds. The van der Waals surface area contributed by atoms with Crippen molar-refractivity contribution in [1.29, 1.82) is 0 Å². The number of anilines is 1. The molecule has 0 spiro atoms. The first-order chi connectivity index (χ1) is 9.60. The molecule has 0 aliphatic rings. The van der Waals surface area contributed by atoms with Crippen molar-refractivity contribution < 1.29 is 4.79 Å². The van der Waals surface area contributed by atoms with E-state index in [1.165, 1.54) is 0 Å². The van der Waals surface area contributed by atoms with E-state index in [-0.39, 0.29) is 0 Å². The third kappa shape index (κ3) is 3.51. The van der Waals surface area contributed by atoms with Gasteiger partial charge >= 0.3 is 0 Å². The number of benzene rings is 1. The topological polar surface area (TPSA) is 72.9 Å². The number of nitrogens with two attached hydrogens (primary N) is 1. The summed E-state index contributed by atoms with van der Waals surface area (Å²) in [6.07, 6.45) is 4.85. The van der Waals surface area contributed by atoms with Crippen molar-refractivity contribution in [2.75, 3.05) is 5.32 Å². The van der Waals surface area contributed by atoms with E-state index < -0.39 is 5.91 Å². The van der Waals surface area contributed by atoms with Crippen LogP contribution in [-0.2, 0) is 13.1 Å². The molecule has 1 heterocycles. The minimum atomic E-state index is -0.472. The summed E-state index contributed by atoms with van der Waals surface area (Å²) in [5.41, 5.74) is 7.42. The number of carbonyl (C=O) groups is 1. The molecule has 20 heavy (non-hydrogen) atoms. The number of amides is 1. The highest BCUT2D eigenvalue weighted by molar-refractivity contribution is 6.33. The van der Waals surface area contributed by atoms with Crippen molar-refractivity contribution in [3.63, 3.8) is 0 Å². The Kier molecular flexibility index (Phi) is 4.63. The molecule has 0 atom stereocenters. The summed E-state index contributed by atoms with van der Waals surface area (Å²) in [6, 6.07) is 4.92. The van der Waals surface area contributed by atoms with Crippen LogP contribution in [0.2, 0.25) is 5.02 Å². The second-order valence-corrected chi connectivity index (χ2v) is 4.93. The minimum Gasteiger partial charge on any atom is -0.380 e. The molecular formula is C14H17ClN4O. The number of hydrogen-bond donors (Lipinski definition) is 2. The third-order valence-electron chi connectivity index (χ3n) is 2.87. The SMILES string of the molecule is CCCn1cc(CNc2cc(C(N)=O)ccc2Cl)cn1. The van der Waals surface area contributed by atoms with Crippen LogP contribution < -0.4 is 11.1 Å². The van der Waals surface area contributed by atoms with Crippen molar-refractivity contribution in [2.45, 2.75) is 26.4 Å². The first kappa shape index (κ1) is 14.4. The van der Waals surface area contributed by atoms with Gasteiger partial charge in [0.2, 0.25) is 5.91 Å². The van der Waals surface area contributed by atoms with Gasteiger partial charge in [-0.2, -0.15) is 5.10 Å². The van der Waals surface area contributed by atoms with Gasteiger partial charge in [0.15, 0.2) is 0 Å². The van der Waals surface area contributed by atoms with E-state index in [9.17, 15) is 4.79 Å². The number of aromatic nitrogens is 2. The maximum Gasteiger partial charge on any atom is 0.248 e. The van der Waals surface area contributed by atoms with Crippen molar-refractivity contribution in [3.8, 4) is 0 Å². The van der Waals surface area contributed by atoms with Gasteiger partial charge in [-0.1, -0.05) is 18.5 Å². The van der Waals surface area contributed by atoms with Gasteiger partial charge in [-0.15, -0.1) is 0 Å². The summed E-state index contributed by atoms with van der Waals surface area (Å²) >= 11 is 6.09. The van der Waals surface area contributed by atoms with Gasteiger partial charge in [-0.3, -0.25) is 9.48 Å². The second kappa shape index (κ2) is 6.43. The van der Waals surface area contributed by atoms with Gasteiger partial charge < -0.3 is 11.1 Å². The molecule has 0 saturated carbocycles. The van der Waals surface area contributed by atoms with E-state index in [2.05, 4.69) is 17.3 Å². The van der Waals surface area contributed by atoms with Crippen molar-refractivity contribution in [2.24, 2.45) is 5.73 Å². The largest absolute Gasteiger partial charge is 0.380 e. The average molecular weight is 293 g/mol. The molecule has 0 fully saturated rings. The molecule has 0 aliphatic carbocycles. The molecule has 3 N–H and O–H groups in total. The fraction of sp³-hybridized carbons (Fsp3) is 0.286. The molecule has 0 radical (unpaired) electrons. The summed E-state index contributed by atoms with van der Waals surface area (Å²) in [7, 11) is 0. The molecule has 106 valence electrons. The second-order valence-electron chi connectivity index (χ2n) is 4.52. The zero-order valence-electron chi connectivity index (χ0n) is 11.3. The molecule has 1 aromatic heterocycles. The number of aryl methyl sites for hydroxylation is 1. The van der Waals surface area contributed by atoms with E-state index in [0.717, 1.165) is 18.5 Å². The maximum atomic E-state index is 11.2. The first-order valence-corrected chi connectivity index (χ1v) is 6.82. The van der Waals surface area contributed by atoms with Crippen LogP contribution in [0.25, 0.3) is 0 Å². The van der Waals surface area contributed by atoms with E-state index in [0.29, 0.717) is 22.8 Å². The summed E-state index contributed by atoms with van der Waals surface area (Å²) in [4.78, 5) is 11.2. The van der Waals surface area contributed by atoms with Gasteiger partial charge in [0.25, 0.3) is 0 Å². The molecule has 0 unspecified atom stereocenters. The van der Waals surface area contributed by atoms with Gasteiger partial charge in [0.1, 0.15) is 0 Å². The minimum absolute atomic E-state index is 0.429. The number of hydrogen-bond acceptors (Lipinski definition) is 3. The monoisotopic (exact) mass is 292 g/mol. The van der Waals surface area contributed by atoms with Gasteiger partial charge in [-0.25, -0.2) is 0 Å². The van der Waals surface area contributed by atoms with Gasteiger partial charge in [0.05, 0.1) is 16.9 Å². The number of primary amides is 1. The van der Waals surface area contributed by atoms with E-state index in [1.54, 1.807) is 18.2 Å². The lowest BCUT2D eigenvalue weighted by Gasteiger charge is -2.08. The molecule has 0 saturated heterocycles.